The summed E-state index contributed by atoms with van der Waals surface area (Å²) in [6.45, 7) is 0.256. The molecule has 0 unspecified atom stereocenters. The molecule has 0 saturated heterocycles. The molecule has 2 aliphatic carbocycles. The number of nitrogens with zero attached hydrogens (tertiary/aromatic N) is 2. The smallest absolute Gasteiger partial charge is 0.261 e. The zero-order valence-corrected chi connectivity index (χ0v) is 17.0. The van der Waals surface area contributed by atoms with Gasteiger partial charge in [-0.15, -0.1) is 0 Å². The molecular weight excluding hydrogens is 378 g/mol. The zero-order chi connectivity index (χ0) is 20.7. The minimum Gasteiger partial charge on any atom is -0.325 e. The Kier molecular flexibility index (Phi) is 4.85. The quantitative estimate of drug-likeness (QED) is 0.776. The first-order valence-electron chi connectivity index (χ1n) is 10.9. The molecule has 0 saturated carbocycles. The van der Waals surface area contributed by atoms with Gasteiger partial charge in [-0.25, -0.2) is 0 Å². The SMILES string of the molecule is O=C(CCCN1C(=O)c2ccccc2C1=O)Nc1c2c(nc3c1CCC3)CCCC2. The predicted molar refractivity (Wildman–Crippen MR) is 113 cm³/mol. The second kappa shape index (κ2) is 7.67. The molecule has 0 bridgehead atoms. The van der Waals surface area contributed by atoms with Gasteiger partial charge in [-0.2, -0.15) is 0 Å². The van der Waals surface area contributed by atoms with Crippen LogP contribution in [0.5, 0.6) is 0 Å². The number of hydrogen-bond acceptors (Lipinski definition) is 4. The van der Waals surface area contributed by atoms with Crippen LogP contribution in [0.3, 0.4) is 0 Å². The van der Waals surface area contributed by atoms with E-state index in [2.05, 4.69) is 5.32 Å². The predicted octanol–water partition coefficient (Wildman–Crippen LogP) is 3.46. The van der Waals surface area contributed by atoms with E-state index < -0.39 is 0 Å². The Bertz CT molecular complexity index is 1020. The molecular formula is C24H25N3O3. The highest BCUT2D eigenvalue weighted by atomic mass is 16.2. The number of nitrogens with one attached hydrogen (secondary N) is 1. The fraction of sp³-hybridized carbons (Fsp3) is 0.417. The summed E-state index contributed by atoms with van der Waals surface area (Å²) in [7, 11) is 0. The van der Waals surface area contributed by atoms with E-state index in [-0.39, 0.29) is 30.7 Å². The van der Waals surface area contributed by atoms with Crippen LogP contribution in [0, 0.1) is 0 Å². The van der Waals surface area contributed by atoms with E-state index >= 15 is 0 Å². The van der Waals surface area contributed by atoms with Crippen LogP contribution < -0.4 is 5.32 Å². The lowest BCUT2D eigenvalue weighted by Gasteiger charge is -2.22. The first-order valence-corrected chi connectivity index (χ1v) is 10.9. The number of imide groups is 1. The van der Waals surface area contributed by atoms with Gasteiger partial charge in [0.05, 0.1) is 16.8 Å². The third-order valence-electron chi connectivity index (χ3n) is 6.43. The number of aryl methyl sites for hydroxylation is 2. The van der Waals surface area contributed by atoms with Crippen LogP contribution >= 0.6 is 0 Å². The first kappa shape index (κ1) is 19.0. The molecule has 1 aliphatic heterocycles. The number of rotatable bonds is 5. The number of anilines is 1. The molecule has 2 heterocycles. The fourth-order valence-electron chi connectivity index (χ4n) is 4.94. The standard InChI is InChI=1S/C24H25N3O3/c28-21(13-6-14-27-23(29)15-7-1-2-8-16(15)24(27)30)26-22-17-9-3-4-11-19(17)25-20-12-5-10-18(20)22/h1-2,7-8H,3-6,9-14H2,(H,25,26,28). The van der Waals surface area contributed by atoms with Gasteiger partial charge in [0.25, 0.3) is 11.8 Å². The Labute approximate surface area is 175 Å². The van der Waals surface area contributed by atoms with Gasteiger partial charge in [0.1, 0.15) is 0 Å². The molecule has 1 N–H and O–H groups in total. The van der Waals surface area contributed by atoms with E-state index in [0.29, 0.717) is 17.5 Å². The number of amides is 3. The molecule has 3 aliphatic rings. The van der Waals surface area contributed by atoms with Crippen LogP contribution in [0.1, 0.15) is 75.3 Å². The number of benzene rings is 1. The number of fused-ring (bicyclic) bond motifs is 3. The van der Waals surface area contributed by atoms with Gasteiger partial charge >= 0.3 is 0 Å². The second-order valence-corrected chi connectivity index (χ2v) is 8.36. The van der Waals surface area contributed by atoms with Gasteiger partial charge in [-0.3, -0.25) is 24.3 Å². The molecule has 30 heavy (non-hydrogen) atoms. The lowest BCUT2D eigenvalue weighted by Crippen LogP contribution is -2.31. The van der Waals surface area contributed by atoms with Crippen LogP contribution in [0.25, 0.3) is 0 Å². The van der Waals surface area contributed by atoms with Gasteiger partial charge in [-0.1, -0.05) is 12.1 Å². The summed E-state index contributed by atoms with van der Waals surface area (Å²) in [6.07, 6.45) is 8.04. The summed E-state index contributed by atoms with van der Waals surface area (Å²) in [5, 5.41) is 3.17. The Morgan fingerprint density at radius 3 is 2.20 bits per heavy atom. The molecule has 1 aromatic heterocycles. The van der Waals surface area contributed by atoms with Crippen molar-refractivity contribution in [3.8, 4) is 0 Å². The Balaban J connectivity index is 1.25. The van der Waals surface area contributed by atoms with Crippen LogP contribution in [0.4, 0.5) is 5.69 Å². The van der Waals surface area contributed by atoms with E-state index in [9.17, 15) is 14.4 Å². The van der Waals surface area contributed by atoms with Gasteiger partial charge < -0.3 is 5.32 Å². The van der Waals surface area contributed by atoms with Crippen molar-refractivity contribution in [2.24, 2.45) is 0 Å². The molecule has 1 aromatic carbocycles. The van der Waals surface area contributed by atoms with Crippen LogP contribution in [-0.4, -0.2) is 34.2 Å². The van der Waals surface area contributed by atoms with E-state index in [4.69, 9.17) is 4.98 Å². The Hall–Kier alpha value is -3.02. The van der Waals surface area contributed by atoms with E-state index in [0.717, 1.165) is 62.0 Å². The molecule has 6 heteroatoms. The number of carbonyl (C=O) groups is 3. The highest BCUT2D eigenvalue weighted by Gasteiger charge is 2.34. The summed E-state index contributed by atoms with van der Waals surface area (Å²) in [6, 6.07) is 6.87. The van der Waals surface area contributed by atoms with Crippen molar-refractivity contribution in [2.75, 3.05) is 11.9 Å². The van der Waals surface area contributed by atoms with Crippen molar-refractivity contribution in [1.82, 2.24) is 9.88 Å². The lowest BCUT2D eigenvalue weighted by atomic mass is 9.92. The van der Waals surface area contributed by atoms with Crippen molar-refractivity contribution >= 4 is 23.4 Å². The molecule has 154 valence electrons. The summed E-state index contributed by atoms with van der Waals surface area (Å²) in [5.41, 5.74) is 6.63. The maximum atomic E-state index is 12.7. The third-order valence-corrected chi connectivity index (χ3v) is 6.43. The summed E-state index contributed by atoms with van der Waals surface area (Å²) in [4.78, 5) is 43.8. The second-order valence-electron chi connectivity index (χ2n) is 8.36. The molecule has 5 rings (SSSR count). The highest BCUT2D eigenvalue weighted by Crippen LogP contribution is 2.36. The molecule has 0 fully saturated rings. The molecule has 0 spiro atoms. The minimum atomic E-state index is -0.267. The average molecular weight is 403 g/mol. The van der Waals surface area contributed by atoms with Gasteiger partial charge in [0, 0.05) is 24.4 Å². The molecule has 6 nitrogen and oxygen atoms in total. The van der Waals surface area contributed by atoms with E-state index in [1.807, 2.05) is 0 Å². The topological polar surface area (TPSA) is 79.4 Å². The largest absolute Gasteiger partial charge is 0.325 e. The monoisotopic (exact) mass is 403 g/mol. The number of pyridine rings is 1. The highest BCUT2D eigenvalue weighted by molar-refractivity contribution is 6.21. The normalized spacial score (nSPS) is 17.0. The summed E-state index contributed by atoms with van der Waals surface area (Å²) < 4.78 is 0. The van der Waals surface area contributed by atoms with Crippen LogP contribution in [0.2, 0.25) is 0 Å². The molecule has 0 radical (unpaired) electrons. The number of carbonyl (C=O) groups excluding carboxylic acids is 3. The van der Waals surface area contributed by atoms with Crippen molar-refractivity contribution in [3.05, 3.63) is 57.9 Å². The number of aromatic nitrogens is 1. The van der Waals surface area contributed by atoms with Gasteiger partial charge in [0.15, 0.2) is 0 Å². The van der Waals surface area contributed by atoms with Crippen LogP contribution in [-0.2, 0) is 30.5 Å². The Morgan fingerprint density at radius 2 is 1.50 bits per heavy atom. The minimum absolute atomic E-state index is 0.0558. The molecule has 2 aromatic rings. The van der Waals surface area contributed by atoms with Gasteiger partial charge in [-0.05, 0) is 74.6 Å². The molecule has 3 amide bonds. The first-order chi connectivity index (χ1) is 14.6. The Morgan fingerprint density at radius 1 is 0.900 bits per heavy atom. The molecule has 0 atom stereocenters. The fourth-order valence-corrected chi connectivity index (χ4v) is 4.94. The maximum Gasteiger partial charge on any atom is 0.261 e. The average Bonchev–Trinajstić information content (AvgIpc) is 3.32. The van der Waals surface area contributed by atoms with E-state index in [1.165, 1.54) is 16.0 Å². The van der Waals surface area contributed by atoms with E-state index in [1.54, 1.807) is 24.3 Å². The van der Waals surface area contributed by atoms with Crippen molar-refractivity contribution < 1.29 is 14.4 Å². The third kappa shape index (κ3) is 3.20. The maximum absolute atomic E-state index is 12.7. The lowest BCUT2D eigenvalue weighted by molar-refractivity contribution is -0.116. The van der Waals surface area contributed by atoms with Crippen molar-refractivity contribution in [3.63, 3.8) is 0 Å². The van der Waals surface area contributed by atoms with Crippen LogP contribution in [0.15, 0.2) is 24.3 Å². The van der Waals surface area contributed by atoms with Gasteiger partial charge in [0.2, 0.25) is 5.91 Å². The zero-order valence-electron chi connectivity index (χ0n) is 17.0. The van der Waals surface area contributed by atoms with Crippen molar-refractivity contribution in [2.45, 2.75) is 57.8 Å². The summed E-state index contributed by atoms with van der Waals surface area (Å²) >= 11 is 0. The summed E-state index contributed by atoms with van der Waals surface area (Å²) in [5.74, 6) is -0.589. The number of hydrogen-bond donors (Lipinski definition) is 1. The van der Waals surface area contributed by atoms with Crippen molar-refractivity contribution in [1.29, 1.82) is 0 Å².